The Morgan fingerprint density at radius 3 is 1.25 bits per heavy atom. The van der Waals surface area contributed by atoms with Crippen LogP contribution in [0.15, 0.2) is 103 Å². The maximum atomic E-state index is 3.52. The first-order chi connectivity index (χ1) is 17.7. The zero-order valence-electron chi connectivity index (χ0n) is 21.7. The van der Waals surface area contributed by atoms with Crippen LogP contribution >= 0.6 is 42.2 Å². The molecule has 3 heteroatoms. The second kappa shape index (κ2) is 16.1. The Balaban J connectivity index is 1.61. The summed E-state index contributed by atoms with van der Waals surface area (Å²) in [4.78, 5) is 0. The van der Waals surface area contributed by atoms with Crippen molar-refractivity contribution in [1.82, 2.24) is 0 Å². The third kappa shape index (κ3) is 8.02. The Bertz CT molecular complexity index is 904. The van der Waals surface area contributed by atoms with Gasteiger partial charge in [0.25, 0.3) is 0 Å². The zero-order valence-corrected chi connectivity index (χ0v) is 26.3. The summed E-state index contributed by atoms with van der Waals surface area (Å²) < 4.78 is -2.66. The van der Waals surface area contributed by atoms with E-state index in [9.17, 15) is 0 Å². The van der Waals surface area contributed by atoms with E-state index in [0.29, 0.717) is 0 Å². The molecule has 0 aliphatic carbocycles. The number of allylic oxidation sites excluding steroid dienone is 2. The number of halogens is 2. The minimum atomic E-state index is -2.66. The van der Waals surface area contributed by atoms with Gasteiger partial charge in [-0.25, -0.2) is 0 Å². The van der Waals surface area contributed by atoms with Crippen LogP contribution in [0.5, 0.6) is 0 Å². The van der Waals surface area contributed by atoms with Crippen molar-refractivity contribution in [2.24, 2.45) is 0 Å². The van der Waals surface area contributed by atoms with Crippen LogP contribution in [0.4, 0.5) is 0 Å². The summed E-state index contributed by atoms with van der Waals surface area (Å²) >= 11 is 6.40. The van der Waals surface area contributed by atoms with Gasteiger partial charge in [0.15, 0.2) is 0 Å². The van der Waals surface area contributed by atoms with E-state index in [2.05, 4.69) is 141 Å². The third-order valence-electron chi connectivity index (χ3n) is 7.25. The molecule has 0 aliphatic heterocycles. The Kier molecular flexibility index (Phi) is 13.2. The SMILES string of the molecule is BrCCCCCCCCCCCCC=CCP(I)(c1ccccc1)(c1ccccc1)c1ccccc1. The van der Waals surface area contributed by atoms with Gasteiger partial charge in [0, 0.05) is 5.33 Å². The Labute approximate surface area is 241 Å². The molecule has 0 nitrogen and oxygen atoms in total. The fraction of sp³-hybridized carbons (Fsp3) is 0.394. The van der Waals surface area contributed by atoms with E-state index in [0.717, 1.165) is 11.5 Å². The summed E-state index contributed by atoms with van der Waals surface area (Å²) in [6.45, 7) is 0. The van der Waals surface area contributed by atoms with E-state index in [1.54, 1.807) is 0 Å². The fourth-order valence-electron chi connectivity index (χ4n) is 5.14. The standard InChI is InChI=1S/C33H43BrIP/c34-29-21-10-8-6-4-2-1-3-5-7-9-11-22-30-36(35,31-23-15-12-16-24-31,32-25-17-13-18-26-32)33-27-19-14-20-28-33/h11-20,22-28H,1-10,21,29-30H2. The zero-order chi connectivity index (χ0) is 25.4. The number of rotatable bonds is 17. The van der Waals surface area contributed by atoms with Gasteiger partial charge in [-0.15, -0.1) is 0 Å². The number of hydrogen-bond acceptors (Lipinski definition) is 0. The van der Waals surface area contributed by atoms with Gasteiger partial charge in [-0.2, -0.15) is 0 Å². The molecule has 0 atom stereocenters. The van der Waals surface area contributed by atoms with Gasteiger partial charge < -0.3 is 0 Å². The van der Waals surface area contributed by atoms with E-state index in [4.69, 9.17) is 0 Å². The van der Waals surface area contributed by atoms with Crippen LogP contribution in [0.2, 0.25) is 0 Å². The van der Waals surface area contributed by atoms with Gasteiger partial charge in [0.05, 0.1) is 0 Å². The van der Waals surface area contributed by atoms with Crippen LogP contribution in [0.1, 0.15) is 70.6 Å². The molecule has 0 spiro atoms. The summed E-state index contributed by atoms with van der Waals surface area (Å²) in [5.41, 5.74) is 0. The Morgan fingerprint density at radius 2 is 0.861 bits per heavy atom. The molecule has 0 fully saturated rings. The second-order valence-corrected chi connectivity index (χ2v) is 21.3. The first kappa shape index (κ1) is 29.6. The van der Waals surface area contributed by atoms with Crippen molar-refractivity contribution in [3.05, 3.63) is 103 Å². The van der Waals surface area contributed by atoms with Crippen molar-refractivity contribution >= 4 is 58.1 Å². The molecule has 0 saturated carbocycles. The van der Waals surface area contributed by atoms with E-state index in [-0.39, 0.29) is 0 Å². The van der Waals surface area contributed by atoms with Gasteiger partial charge in [-0.3, -0.25) is 0 Å². The van der Waals surface area contributed by atoms with Crippen molar-refractivity contribution < 1.29 is 0 Å². The van der Waals surface area contributed by atoms with Crippen LogP contribution in [-0.2, 0) is 0 Å². The summed E-state index contributed by atoms with van der Waals surface area (Å²) in [6, 6.07) is 33.7. The predicted octanol–water partition coefficient (Wildman–Crippen LogP) is 10.1. The van der Waals surface area contributed by atoms with Crippen molar-refractivity contribution in [3.8, 4) is 0 Å². The molecular weight excluding hydrogens is 634 g/mol. The molecule has 0 radical (unpaired) electrons. The van der Waals surface area contributed by atoms with Gasteiger partial charge in [-0.05, 0) is 6.42 Å². The molecule has 3 rings (SSSR count). The average Bonchev–Trinajstić information content (AvgIpc) is 2.94. The molecule has 0 aromatic heterocycles. The van der Waals surface area contributed by atoms with Gasteiger partial charge in [0.1, 0.15) is 0 Å². The van der Waals surface area contributed by atoms with Crippen LogP contribution in [-0.4, -0.2) is 11.5 Å². The molecule has 36 heavy (non-hydrogen) atoms. The van der Waals surface area contributed by atoms with E-state index in [1.165, 1.54) is 86.5 Å². The first-order valence-electron chi connectivity index (χ1n) is 13.8. The van der Waals surface area contributed by atoms with Crippen molar-refractivity contribution in [2.75, 3.05) is 11.5 Å². The molecule has 3 aromatic carbocycles. The predicted molar refractivity (Wildman–Crippen MR) is 178 cm³/mol. The topological polar surface area (TPSA) is 0 Å². The van der Waals surface area contributed by atoms with Crippen molar-refractivity contribution in [3.63, 3.8) is 0 Å². The van der Waals surface area contributed by atoms with Crippen LogP contribution in [0.3, 0.4) is 0 Å². The number of benzene rings is 3. The van der Waals surface area contributed by atoms with Crippen molar-refractivity contribution in [2.45, 2.75) is 70.6 Å². The number of alkyl halides is 1. The van der Waals surface area contributed by atoms with Gasteiger partial charge in [-0.1, -0.05) is 22.4 Å². The molecule has 0 heterocycles. The number of unbranched alkanes of at least 4 members (excludes halogenated alkanes) is 10. The normalized spacial score (nSPS) is 13.0. The first-order valence-corrected chi connectivity index (χ1v) is 20.1. The molecule has 0 bridgehead atoms. The summed E-state index contributed by atoms with van der Waals surface area (Å²) in [5, 5.41) is 5.53. The van der Waals surface area contributed by atoms with Crippen LogP contribution in [0.25, 0.3) is 0 Å². The molecule has 3 aromatic rings. The Morgan fingerprint density at radius 1 is 0.500 bits per heavy atom. The third-order valence-corrected chi connectivity index (χ3v) is 19.0. The molecule has 0 aliphatic rings. The fourth-order valence-corrected chi connectivity index (χ4v) is 13.6. The van der Waals surface area contributed by atoms with Crippen molar-refractivity contribution in [1.29, 1.82) is 0 Å². The molecule has 0 N–H and O–H groups in total. The minimum absolute atomic E-state index is 1.05. The summed E-state index contributed by atoms with van der Waals surface area (Å²) in [6.07, 6.45) is 21.0. The number of hydrogen-bond donors (Lipinski definition) is 0. The molecule has 194 valence electrons. The summed E-state index contributed by atoms with van der Waals surface area (Å²) in [7, 11) is 0. The summed E-state index contributed by atoms with van der Waals surface area (Å²) in [5.74, 6) is 0. The van der Waals surface area contributed by atoms with Gasteiger partial charge in [0.2, 0.25) is 0 Å². The van der Waals surface area contributed by atoms with E-state index < -0.39 is 4.25 Å². The van der Waals surface area contributed by atoms with Gasteiger partial charge >= 0.3 is 209 Å². The quantitative estimate of drug-likeness (QED) is 0.0439. The molecule has 0 unspecified atom stereocenters. The molecule has 0 saturated heterocycles. The van der Waals surface area contributed by atoms with Crippen LogP contribution < -0.4 is 15.9 Å². The van der Waals surface area contributed by atoms with E-state index >= 15 is 0 Å². The molecule has 0 amide bonds. The molecular formula is C33H43BrIP. The van der Waals surface area contributed by atoms with Crippen LogP contribution in [0, 0.1) is 0 Å². The Hall–Kier alpha value is -0.960. The average molecular weight is 677 g/mol. The monoisotopic (exact) mass is 676 g/mol. The second-order valence-electron chi connectivity index (χ2n) is 9.86. The maximum absolute atomic E-state index is 3.52. The van der Waals surface area contributed by atoms with E-state index in [1.807, 2.05) is 0 Å².